The van der Waals surface area contributed by atoms with E-state index in [1.165, 1.54) is 22.9 Å². The number of hydrogen-bond acceptors (Lipinski definition) is 4. The van der Waals surface area contributed by atoms with Gasteiger partial charge in [0.15, 0.2) is 11.5 Å². The van der Waals surface area contributed by atoms with Gasteiger partial charge in [0, 0.05) is 29.2 Å². The second kappa shape index (κ2) is 9.09. The van der Waals surface area contributed by atoms with Gasteiger partial charge in [-0.1, -0.05) is 39.3 Å². The van der Waals surface area contributed by atoms with Crippen LogP contribution in [0.1, 0.15) is 62.3 Å². The molecule has 1 aliphatic heterocycles. The Bertz CT molecular complexity index is 996. The third-order valence-electron chi connectivity index (χ3n) is 5.63. The highest BCUT2D eigenvalue weighted by atomic mass is 35.5. The number of hydrogen-bond donors (Lipinski definition) is 1. The first kappa shape index (κ1) is 23.4. The summed E-state index contributed by atoms with van der Waals surface area (Å²) in [6.07, 6.45) is 1.84. The molecule has 0 radical (unpaired) electrons. The van der Waals surface area contributed by atoms with Gasteiger partial charge in [0.25, 0.3) is 5.91 Å². The number of nitrogens with one attached hydrogen (secondary N) is 1. The van der Waals surface area contributed by atoms with Gasteiger partial charge in [-0.05, 0) is 50.0 Å². The third-order valence-corrected chi connectivity index (χ3v) is 5.87. The average Bonchev–Trinajstić information content (AvgIpc) is 2.92. The fourth-order valence-electron chi connectivity index (χ4n) is 3.99. The number of carbonyl (C=O) groups excluding carboxylic acids is 2. The Labute approximate surface area is 187 Å². The molecule has 31 heavy (non-hydrogen) atoms. The van der Waals surface area contributed by atoms with Crippen molar-refractivity contribution in [3.63, 3.8) is 0 Å². The number of halogens is 2. The molecule has 1 aliphatic rings. The van der Waals surface area contributed by atoms with Gasteiger partial charge in [-0.3, -0.25) is 9.59 Å². The van der Waals surface area contributed by atoms with Gasteiger partial charge < -0.3 is 10.2 Å². The first-order chi connectivity index (χ1) is 14.5. The van der Waals surface area contributed by atoms with E-state index in [4.69, 9.17) is 11.6 Å². The predicted molar refractivity (Wildman–Crippen MR) is 119 cm³/mol. The number of rotatable bonds is 5. The van der Waals surface area contributed by atoms with E-state index in [0.717, 1.165) is 24.2 Å². The first-order valence-electron chi connectivity index (χ1n) is 10.6. The molecule has 0 saturated carbocycles. The smallest absolute Gasteiger partial charge is 0.272 e. The molecule has 0 unspecified atom stereocenters. The van der Waals surface area contributed by atoms with Crippen LogP contribution >= 0.6 is 11.6 Å². The summed E-state index contributed by atoms with van der Waals surface area (Å²) in [4.78, 5) is 28.0. The summed E-state index contributed by atoms with van der Waals surface area (Å²) >= 11 is 6.11. The van der Waals surface area contributed by atoms with Crippen molar-refractivity contribution >= 4 is 23.3 Å². The largest absolute Gasteiger partial charge is 0.340 e. The maximum absolute atomic E-state index is 14.7. The van der Waals surface area contributed by atoms with E-state index in [-0.39, 0.29) is 17.2 Å². The number of fused-ring (bicyclic) bond motifs is 1. The van der Waals surface area contributed by atoms with Gasteiger partial charge in [-0.25, -0.2) is 9.07 Å². The van der Waals surface area contributed by atoms with Crippen LogP contribution in [0.5, 0.6) is 0 Å². The first-order valence-corrected chi connectivity index (χ1v) is 11.0. The second-order valence-electron chi connectivity index (χ2n) is 9.22. The highest BCUT2D eigenvalue weighted by Crippen LogP contribution is 2.28. The maximum atomic E-state index is 14.7. The van der Waals surface area contributed by atoms with Crippen molar-refractivity contribution < 1.29 is 14.0 Å². The molecule has 6 nitrogen and oxygen atoms in total. The summed E-state index contributed by atoms with van der Waals surface area (Å²) in [7, 11) is 1.98. The maximum Gasteiger partial charge on any atom is 0.272 e. The van der Waals surface area contributed by atoms with Crippen molar-refractivity contribution in [2.75, 3.05) is 13.6 Å². The lowest BCUT2D eigenvalue weighted by Gasteiger charge is -2.30. The third kappa shape index (κ3) is 4.99. The molecule has 1 aromatic heterocycles. The molecule has 0 bridgehead atoms. The highest BCUT2D eigenvalue weighted by molar-refractivity contribution is 6.30. The number of nitrogens with zero attached hydrogens (tertiary/aromatic N) is 3. The van der Waals surface area contributed by atoms with Gasteiger partial charge in [0.05, 0.1) is 6.04 Å². The van der Waals surface area contributed by atoms with Crippen molar-refractivity contribution in [2.45, 2.75) is 59.5 Å². The Balaban J connectivity index is 2.10. The number of benzene rings is 1. The van der Waals surface area contributed by atoms with E-state index in [2.05, 4.69) is 15.3 Å². The van der Waals surface area contributed by atoms with E-state index in [1.54, 1.807) is 6.92 Å². The van der Waals surface area contributed by atoms with E-state index in [0.29, 0.717) is 24.4 Å². The van der Waals surface area contributed by atoms with Crippen LogP contribution in [0.3, 0.4) is 0 Å². The minimum Gasteiger partial charge on any atom is -0.340 e. The Hall–Kier alpha value is -2.25. The van der Waals surface area contributed by atoms with Crippen LogP contribution in [0, 0.1) is 11.2 Å². The van der Waals surface area contributed by atoms with Crippen molar-refractivity contribution in [1.29, 1.82) is 0 Å². The molecule has 1 atom stereocenters. The molecule has 8 heteroatoms. The van der Waals surface area contributed by atoms with Crippen LogP contribution in [0.4, 0.5) is 4.39 Å². The fourth-order valence-corrected chi connectivity index (χ4v) is 4.15. The molecule has 3 rings (SSSR count). The summed E-state index contributed by atoms with van der Waals surface area (Å²) < 4.78 is 16.2. The predicted octanol–water partition coefficient (Wildman–Crippen LogP) is 4.17. The average molecular weight is 449 g/mol. The van der Waals surface area contributed by atoms with Crippen LogP contribution in [0.2, 0.25) is 5.02 Å². The van der Waals surface area contributed by atoms with Crippen LogP contribution < -0.4 is 5.32 Å². The summed E-state index contributed by atoms with van der Waals surface area (Å²) in [6, 6.07) is 3.65. The molecule has 2 heterocycles. The van der Waals surface area contributed by atoms with E-state index < -0.39 is 23.2 Å². The molecule has 0 aliphatic carbocycles. The Morgan fingerprint density at radius 3 is 2.68 bits per heavy atom. The molecule has 0 fully saturated rings. The van der Waals surface area contributed by atoms with Crippen molar-refractivity contribution in [2.24, 2.45) is 5.41 Å². The molecule has 0 spiro atoms. The van der Waals surface area contributed by atoms with Gasteiger partial charge in [0.2, 0.25) is 0 Å². The molecule has 2 aromatic rings. The lowest BCUT2D eigenvalue weighted by Crippen LogP contribution is -2.49. The van der Waals surface area contributed by atoms with Crippen molar-refractivity contribution in [1.82, 2.24) is 20.0 Å². The Morgan fingerprint density at radius 2 is 2.03 bits per heavy atom. The molecule has 168 valence electrons. The number of aromatic nitrogens is 2. The monoisotopic (exact) mass is 448 g/mol. The minimum absolute atomic E-state index is 0.0376. The topological polar surface area (TPSA) is 67.2 Å². The zero-order chi connectivity index (χ0) is 22.9. The second-order valence-corrected chi connectivity index (χ2v) is 9.65. The fraction of sp³-hybridized carbons (Fsp3) is 0.522. The van der Waals surface area contributed by atoms with E-state index in [1.807, 2.05) is 27.8 Å². The standard InChI is InChI=1S/C23H30ClFN4O2/c1-6-19(30)21(23(2,3)4)26-22(31)20-15-13-28(5)11-7-8-17(15)29(27-20)18-12-14(24)9-10-16(18)25/h9-10,12,21H,6-8,11,13H2,1-5H3,(H,26,31)/t21-/m1/s1. The van der Waals surface area contributed by atoms with E-state index in [9.17, 15) is 14.0 Å². The van der Waals surface area contributed by atoms with Crippen LogP contribution in [-0.4, -0.2) is 46.0 Å². The molecular weight excluding hydrogens is 419 g/mol. The van der Waals surface area contributed by atoms with Crippen LogP contribution in [0.15, 0.2) is 18.2 Å². The Kier molecular flexibility index (Phi) is 6.86. The van der Waals surface area contributed by atoms with Crippen LogP contribution in [0.25, 0.3) is 5.69 Å². The summed E-state index contributed by atoms with van der Waals surface area (Å²) in [6.45, 7) is 8.90. The zero-order valence-electron chi connectivity index (χ0n) is 18.8. The molecule has 1 N–H and O–H groups in total. The molecular formula is C23H30ClFN4O2. The number of ketones is 1. The van der Waals surface area contributed by atoms with Gasteiger partial charge in [-0.2, -0.15) is 5.10 Å². The quantitative estimate of drug-likeness (QED) is 0.745. The summed E-state index contributed by atoms with van der Waals surface area (Å²) in [5.74, 6) is -0.924. The molecule has 1 aromatic carbocycles. The number of Topliss-reactive ketones (excluding diaryl/α,β-unsaturated/α-hetero) is 1. The van der Waals surface area contributed by atoms with Crippen molar-refractivity contribution in [3.05, 3.63) is 46.0 Å². The van der Waals surface area contributed by atoms with E-state index >= 15 is 0 Å². The Morgan fingerprint density at radius 1 is 1.32 bits per heavy atom. The SMILES string of the molecule is CCC(=O)[C@@H](NC(=O)c1nn(-c2cc(Cl)ccc2F)c2c1CN(C)CCC2)C(C)(C)C. The summed E-state index contributed by atoms with van der Waals surface area (Å²) in [5, 5.41) is 7.81. The van der Waals surface area contributed by atoms with Crippen LogP contribution in [-0.2, 0) is 17.8 Å². The zero-order valence-corrected chi connectivity index (χ0v) is 19.5. The highest BCUT2D eigenvalue weighted by Gasteiger charge is 2.34. The number of carbonyl (C=O) groups is 2. The summed E-state index contributed by atoms with van der Waals surface area (Å²) in [5.41, 5.74) is 1.54. The molecule has 1 amide bonds. The minimum atomic E-state index is -0.641. The van der Waals surface area contributed by atoms with Gasteiger partial charge in [0.1, 0.15) is 11.5 Å². The number of amides is 1. The van der Waals surface area contributed by atoms with Gasteiger partial charge >= 0.3 is 0 Å². The molecule has 0 saturated heterocycles. The van der Waals surface area contributed by atoms with Crippen molar-refractivity contribution in [3.8, 4) is 5.69 Å². The normalized spacial score (nSPS) is 15.8. The lowest BCUT2D eigenvalue weighted by atomic mass is 9.83. The lowest BCUT2D eigenvalue weighted by molar-refractivity contribution is -0.122. The van der Waals surface area contributed by atoms with Gasteiger partial charge in [-0.15, -0.1) is 0 Å².